The van der Waals surface area contributed by atoms with Gasteiger partial charge in [-0.2, -0.15) is 0 Å². The fraction of sp³-hybridized carbons (Fsp3) is 0.267. The second-order valence-electron chi connectivity index (χ2n) is 4.78. The fourth-order valence-corrected chi connectivity index (χ4v) is 2.31. The van der Waals surface area contributed by atoms with Gasteiger partial charge in [0.1, 0.15) is 0 Å². The van der Waals surface area contributed by atoms with E-state index in [4.69, 9.17) is 0 Å². The Morgan fingerprint density at radius 1 is 1.10 bits per heavy atom. The van der Waals surface area contributed by atoms with Crippen LogP contribution in [-0.2, 0) is 13.0 Å². The average molecular weight is 268 g/mol. The van der Waals surface area contributed by atoms with E-state index in [-0.39, 0.29) is 5.56 Å². The summed E-state index contributed by atoms with van der Waals surface area (Å²) in [6.45, 7) is 0.833. The number of H-pyrrole nitrogens is 1. The van der Waals surface area contributed by atoms with Crippen LogP contribution in [-0.4, -0.2) is 19.5 Å². The van der Waals surface area contributed by atoms with Gasteiger partial charge in [-0.25, -0.2) is 9.97 Å². The third kappa shape index (κ3) is 2.61. The van der Waals surface area contributed by atoms with Crippen LogP contribution in [0.15, 0.2) is 47.8 Å². The number of hydrogen-bond acceptors (Lipinski definition) is 3. The first-order valence-corrected chi connectivity index (χ1v) is 6.77. The predicted molar refractivity (Wildman–Crippen MR) is 77.5 cm³/mol. The smallest absolute Gasteiger partial charge is 0.278 e. The Bertz CT molecular complexity index is 745. The highest BCUT2D eigenvalue weighted by atomic mass is 16.1. The van der Waals surface area contributed by atoms with Gasteiger partial charge >= 0.3 is 0 Å². The summed E-state index contributed by atoms with van der Waals surface area (Å²) in [4.78, 5) is 22.4. The van der Waals surface area contributed by atoms with E-state index in [2.05, 4.69) is 39.2 Å². The number of rotatable bonds is 5. The van der Waals surface area contributed by atoms with Crippen molar-refractivity contribution in [3.05, 3.63) is 58.9 Å². The molecule has 20 heavy (non-hydrogen) atoms. The summed E-state index contributed by atoms with van der Waals surface area (Å²) in [5.74, 6) is 0. The molecule has 0 atom stereocenters. The minimum atomic E-state index is -0.182. The molecule has 0 aliphatic carbocycles. The summed E-state index contributed by atoms with van der Waals surface area (Å²) in [5.41, 5.74) is 2.25. The molecule has 5 nitrogen and oxygen atoms in total. The number of fused-ring (bicyclic) bond motifs is 1. The van der Waals surface area contributed by atoms with Gasteiger partial charge in [-0.15, -0.1) is 0 Å². The molecule has 2 heterocycles. The molecule has 0 aliphatic heterocycles. The lowest BCUT2D eigenvalue weighted by Crippen LogP contribution is -2.07. The van der Waals surface area contributed by atoms with E-state index in [0.717, 1.165) is 25.8 Å². The van der Waals surface area contributed by atoms with Crippen LogP contribution in [0.25, 0.3) is 11.2 Å². The lowest BCUT2D eigenvalue weighted by molar-refractivity contribution is 0.617. The number of aromatic nitrogens is 4. The molecule has 0 aliphatic rings. The van der Waals surface area contributed by atoms with Crippen LogP contribution in [0.4, 0.5) is 0 Å². The number of aromatic amines is 1. The van der Waals surface area contributed by atoms with Gasteiger partial charge in [0.25, 0.3) is 5.56 Å². The summed E-state index contributed by atoms with van der Waals surface area (Å²) in [6.07, 6.45) is 6.32. The quantitative estimate of drug-likeness (QED) is 0.721. The highest BCUT2D eigenvalue weighted by molar-refractivity contribution is 5.68. The minimum Gasteiger partial charge on any atom is -0.315 e. The van der Waals surface area contributed by atoms with E-state index in [1.165, 1.54) is 11.9 Å². The van der Waals surface area contributed by atoms with Gasteiger partial charge in [0.15, 0.2) is 11.2 Å². The molecule has 0 spiro atoms. The molecule has 3 rings (SSSR count). The van der Waals surface area contributed by atoms with Gasteiger partial charge in [-0.3, -0.25) is 4.79 Å². The summed E-state index contributed by atoms with van der Waals surface area (Å²) in [7, 11) is 0. The van der Waals surface area contributed by atoms with Crippen molar-refractivity contribution in [1.82, 2.24) is 19.5 Å². The first kappa shape index (κ1) is 12.6. The zero-order chi connectivity index (χ0) is 13.8. The molecule has 5 heteroatoms. The largest absolute Gasteiger partial charge is 0.315 e. The molecular weight excluding hydrogens is 252 g/mol. The van der Waals surface area contributed by atoms with Gasteiger partial charge < -0.3 is 9.55 Å². The van der Waals surface area contributed by atoms with E-state index in [0.29, 0.717) is 11.2 Å². The van der Waals surface area contributed by atoms with Crippen LogP contribution in [0.1, 0.15) is 18.4 Å². The molecule has 2 aromatic heterocycles. The van der Waals surface area contributed by atoms with Crippen LogP contribution in [0.3, 0.4) is 0 Å². The molecule has 0 fully saturated rings. The number of imidazole rings is 1. The highest BCUT2D eigenvalue weighted by Crippen LogP contribution is 2.08. The first-order chi connectivity index (χ1) is 9.84. The van der Waals surface area contributed by atoms with E-state index < -0.39 is 0 Å². The molecule has 3 aromatic rings. The number of nitrogens with zero attached hydrogens (tertiary/aromatic N) is 3. The van der Waals surface area contributed by atoms with Crippen molar-refractivity contribution in [3.8, 4) is 0 Å². The average Bonchev–Trinajstić information content (AvgIpc) is 2.90. The van der Waals surface area contributed by atoms with Crippen molar-refractivity contribution in [1.29, 1.82) is 0 Å². The maximum Gasteiger partial charge on any atom is 0.278 e. The molecule has 0 saturated carbocycles. The van der Waals surface area contributed by atoms with Crippen molar-refractivity contribution in [2.45, 2.75) is 25.8 Å². The van der Waals surface area contributed by atoms with Crippen LogP contribution in [0, 0.1) is 0 Å². The monoisotopic (exact) mass is 268 g/mol. The zero-order valence-corrected chi connectivity index (χ0v) is 11.1. The van der Waals surface area contributed by atoms with Crippen LogP contribution in [0.5, 0.6) is 0 Å². The van der Waals surface area contributed by atoms with Gasteiger partial charge in [0.2, 0.25) is 0 Å². The molecule has 1 aromatic carbocycles. The summed E-state index contributed by atoms with van der Waals surface area (Å²) in [6, 6.07) is 10.5. The topological polar surface area (TPSA) is 63.6 Å². The molecule has 0 unspecified atom stereocenters. The third-order valence-electron chi connectivity index (χ3n) is 3.36. The predicted octanol–water partition coefficient (Wildman–Crippen LogP) is 2.14. The van der Waals surface area contributed by atoms with Crippen molar-refractivity contribution in [3.63, 3.8) is 0 Å². The third-order valence-corrected chi connectivity index (χ3v) is 3.36. The van der Waals surface area contributed by atoms with Crippen LogP contribution in [0.2, 0.25) is 0 Å². The first-order valence-electron chi connectivity index (χ1n) is 6.77. The second-order valence-corrected chi connectivity index (χ2v) is 4.78. The Kier molecular flexibility index (Phi) is 3.58. The zero-order valence-electron chi connectivity index (χ0n) is 11.1. The molecule has 0 saturated heterocycles. The van der Waals surface area contributed by atoms with Crippen LogP contribution >= 0.6 is 0 Å². The highest BCUT2D eigenvalue weighted by Gasteiger charge is 2.06. The normalized spacial score (nSPS) is 11.0. The Morgan fingerprint density at radius 3 is 2.80 bits per heavy atom. The maximum atomic E-state index is 11.5. The number of aryl methyl sites for hydroxylation is 2. The van der Waals surface area contributed by atoms with Gasteiger partial charge in [-0.05, 0) is 24.8 Å². The van der Waals surface area contributed by atoms with Crippen LogP contribution < -0.4 is 5.56 Å². The summed E-state index contributed by atoms with van der Waals surface area (Å²) < 4.78 is 1.94. The molecule has 0 bridgehead atoms. The second kappa shape index (κ2) is 5.69. The van der Waals surface area contributed by atoms with Crippen molar-refractivity contribution in [2.24, 2.45) is 0 Å². The number of benzene rings is 1. The standard InChI is InChI=1S/C15H16N4O/c20-15-13-14(16-10-17-15)19(11-18-13)9-5-4-8-12-6-2-1-3-7-12/h1-3,6-7,10-11H,4-5,8-9H2,(H,16,17,20). The summed E-state index contributed by atoms with van der Waals surface area (Å²) in [5, 5.41) is 0. The van der Waals surface area contributed by atoms with E-state index in [1.807, 2.05) is 10.6 Å². The fourth-order valence-electron chi connectivity index (χ4n) is 2.31. The number of unbranched alkanes of at least 4 members (excludes halogenated alkanes) is 1. The van der Waals surface area contributed by atoms with Gasteiger partial charge in [0.05, 0.1) is 12.7 Å². The molecule has 0 amide bonds. The molecular formula is C15H16N4O. The molecule has 102 valence electrons. The lowest BCUT2D eigenvalue weighted by atomic mass is 10.1. The summed E-state index contributed by atoms with van der Waals surface area (Å²) >= 11 is 0. The lowest BCUT2D eigenvalue weighted by Gasteiger charge is -2.04. The number of nitrogens with one attached hydrogen (secondary N) is 1. The Labute approximate surface area is 116 Å². The van der Waals surface area contributed by atoms with Gasteiger partial charge in [-0.1, -0.05) is 30.3 Å². The van der Waals surface area contributed by atoms with Crippen molar-refractivity contribution >= 4 is 11.2 Å². The van der Waals surface area contributed by atoms with Crippen molar-refractivity contribution < 1.29 is 0 Å². The minimum absolute atomic E-state index is 0.182. The Balaban J connectivity index is 1.61. The SMILES string of the molecule is O=c1[nH]cnc2c1ncn2CCCCc1ccccc1. The van der Waals surface area contributed by atoms with Crippen molar-refractivity contribution in [2.75, 3.05) is 0 Å². The Morgan fingerprint density at radius 2 is 1.95 bits per heavy atom. The number of hydrogen-bond donors (Lipinski definition) is 1. The van der Waals surface area contributed by atoms with E-state index in [9.17, 15) is 4.79 Å². The maximum absolute atomic E-state index is 11.5. The Hall–Kier alpha value is -2.43. The molecule has 1 N–H and O–H groups in total. The molecule has 0 radical (unpaired) electrons. The van der Waals surface area contributed by atoms with E-state index in [1.54, 1.807) is 6.33 Å². The van der Waals surface area contributed by atoms with Gasteiger partial charge in [0, 0.05) is 6.54 Å². The van der Waals surface area contributed by atoms with E-state index >= 15 is 0 Å².